The Kier molecular flexibility index (Phi) is 6.71. The van der Waals surface area contributed by atoms with E-state index in [1.165, 1.54) is 11.8 Å². The van der Waals surface area contributed by atoms with Gasteiger partial charge >= 0.3 is 0 Å². The van der Waals surface area contributed by atoms with Crippen LogP contribution >= 0.6 is 11.8 Å². The summed E-state index contributed by atoms with van der Waals surface area (Å²) < 4.78 is 11.3. The Bertz CT molecular complexity index is 914. The Morgan fingerprint density at radius 3 is 2.71 bits per heavy atom. The van der Waals surface area contributed by atoms with Crippen molar-refractivity contribution in [3.63, 3.8) is 0 Å². The average Bonchev–Trinajstić information content (AvgIpc) is 3.14. The molecule has 7 heteroatoms. The molecule has 28 heavy (non-hydrogen) atoms. The normalized spacial score (nSPS) is 11.8. The second kappa shape index (κ2) is 9.41. The highest BCUT2D eigenvalue weighted by Crippen LogP contribution is 2.24. The first-order valence-electron chi connectivity index (χ1n) is 8.98. The number of hydrogen-bond acceptors (Lipinski definition) is 6. The van der Waals surface area contributed by atoms with Crippen LogP contribution in [0.3, 0.4) is 0 Å². The SMILES string of the molecule is Cc1cccc(OCc2nnc(SC(C)C(=O)N(C)Cc3ccccc3)o2)c1. The smallest absolute Gasteiger partial charge is 0.277 e. The topological polar surface area (TPSA) is 68.5 Å². The zero-order chi connectivity index (χ0) is 19.9. The number of benzene rings is 2. The molecule has 146 valence electrons. The van der Waals surface area contributed by atoms with Gasteiger partial charge in [-0.25, -0.2) is 0 Å². The summed E-state index contributed by atoms with van der Waals surface area (Å²) in [5.41, 5.74) is 2.20. The van der Waals surface area contributed by atoms with Crippen LogP contribution in [0.15, 0.2) is 64.2 Å². The third-order valence-corrected chi connectivity index (χ3v) is 4.99. The molecule has 2 aromatic carbocycles. The van der Waals surface area contributed by atoms with Crippen molar-refractivity contribution < 1.29 is 13.9 Å². The number of amides is 1. The number of ether oxygens (including phenoxy) is 1. The van der Waals surface area contributed by atoms with Crippen molar-refractivity contribution in [1.82, 2.24) is 15.1 Å². The van der Waals surface area contributed by atoms with Crippen molar-refractivity contribution in [2.24, 2.45) is 0 Å². The van der Waals surface area contributed by atoms with Gasteiger partial charge in [0.15, 0.2) is 6.61 Å². The van der Waals surface area contributed by atoms with Gasteiger partial charge in [-0.3, -0.25) is 4.79 Å². The summed E-state index contributed by atoms with van der Waals surface area (Å²) >= 11 is 1.25. The van der Waals surface area contributed by atoms with Crippen molar-refractivity contribution in [2.75, 3.05) is 7.05 Å². The lowest BCUT2D eigenvalue weighted by atomic mass is 10.2. The van der Waals surface area contributed by atoms with Crippen LogP contribution in [-0.2, 0) is 17.9 Å². The third-order valence-electron chi connectivity index (χ3n) is 4.06. The fraction of sp³-hybridized carbons (Fsp3) is 0.286. The first-order chi connectivity index (χ1) is 13.5. The highest BCUT2D eigenvalue weighted by molar-refractivity contribution is 8.00. The van der Waals surface area contributed by atoms with E-state index in [0.717, 1.165) is 16.9 Å². The molecule has 1 heterocycles. The summed E-state index contributed by atoms with van der Waals surface area (Å²) in [7, 11) is 1.79. The van der Waals surface area contributed by atoms with Gasteiger partial charge in [-0.2, -0.15) is 0 Å². The van der Waals surface area contributed by atoms with Gasteiger partial charge in [0.25, 0.3) is 11.1 Å². The van der Waals surface area contributed by atoms with E-state index in [9.17, 15) is 4.79 Å². The minimum Gasteiger partial charge on any atom is -0.484 e. The zero-order valence-corrected chi connectivity index (χ0v) is 17.0. The van der Waals surface area contributed by atoms with Crippen molar-refractivity contribution in [3.05, 3.63) is 71.6 Å². The number of rotatable bonds is 8. The molecule has 1 amide bonds. The summed E-state index contributed by atoms with van der Waals surface area (Å²) in [6, 6.07) is 17.6. The molecule has 3 aromatic rings. The number of aryl methyl sites for hydroxylation is 1. The highest BCUT2D eigenvalue weighted by atomic mass is 32.2. The third kappa shape index (κ3) is 5.60. The lowest BCUT2D eigenvalue weighted by Gasteiger charge is -2.20. The van der Waals surface area contributed by atoms with Crippen molar-refractivity contribution in [3.8, 4) is 5.75 Å². The molecule has 0 aliphatic heterocycles. The molecule has 0 spiro atoms. The van der Waals surface area contributed by atoms with Gasteiger partial charge < -0.3 is 14.1 Å². The zero-order valence-electron chi connectivity index (χ0n) is 16.2. The van der Waals surface area contributed by atoms with Crippen LogP contribution in [-0.4, -0.2) is 33.3 Å². The van der Waals surface area contributed by atoms with E-state index < -0.39 is 0 Å². The van der Waals surface area contributed by atoms with E-state index in [1.807, 2.05) is 68.4 Å². The van der Waals surface area contributed by atoms with Crippen LogP contribution in [0.5, 0.6) is 5.75 Å². The molecule has 0 radical (unpaired) electrons. The molecule has 0 N–H and O–H groups in total. The van der Waals surface area contributed by atoms with Gasteiger partial charge in [-0.05, 0) is 37.1 Å². The lowest BCUT2D eigenvalue weighted by molar-refractivity contribution is -0.129. The molecule has 6 nitrogen and oxygen atoms in total. The van der Waals surface area contributed by atoms with Crippen LogP contribution in [0.1, 0.15) is 23.9 Å². The van der Waals surface area contributed by atoms with Crippen molar-refractivity contribution >= 4 is 17.7 Å². The van der Waals surface area contributed by atoms with E-state index >= 15 is 0 Å². The number of nitrogens with zero attached hydrogens (tertiary/aromatic N) is 3. The van der Waals surface area contributed by atoms with Crippen LogP contribution in [0.2, 0.25) is 0 Å². The maximum atomic E-state index is 12.6. The van der Waals surface area contributed by atoms with Crippen molar-refractivity contribution in [2.45, 2.75) is 37.5 Å². The molecular weight excluding hydrogens is 374 g/mol. The van der Waals surface area contributed by atoms with Crippen LogP contribution in [0.4, 0.5) is 0 Å². The maximum absolute atomic E-state index is 12.6. The Labute approximate surface area is 168 Å². The van der Waals surface area contributed by atoms with Gasteiger partial charge in [-0.15, -0.1) is 10.2 Å². The molecule has 0 saturated carbocycles. The molecule has 3 rings (SSSR count). The first kappa shape index (κ1) is 19.9. The van der Waals surface area contributed by atoms with Crippen LogP contribution in [0, 0.1) is 6.92 Å². The molecule has 1 unspecified atom stereocenters. The Morgan fingerprint density at radius 2 is 1.96 bits per heavy atom. The predicted octanol–water partition coefficient (Wildman–Crippen LogP) is 4.10. The molecule has 0 saturated heterocycles. The Hall–Kier alpha value is -2.80. The number of carbonyl (C=O) groups excluding carboxylic acids is 1. The van der Waals surface area contributed by atoms with Crippen LogP contribution in [0.25, 0.3) is 0 Å². The highest BCUT2D eigenvalue weighted by Gasteiger charge is 2.21. The predicted molar refractivity (Wildman–Crippen MR) is 108 cm³/mol. The first-order valence-corrected chi connectivity index (χ1v) is 9.86. The summed E-state index contributed by atoms with van der Waals surface area (Å²) in [4.78, 5) is 14.3. The molecule has 1 aromatic heterocycles. The number of hydrogen-bond donors (Lipinski definition) is 0. The summed E-state index contributed by atoms with van der Waals surface area (Å²) in [6.45, 7) is 4.58. The molecule has 0 aliphatic carbocycles. The molecule has 1 atom stereocenters. The lowest BCUT2D eigenvalue weighted by Crippen LogP contribution is -2.32. The van der Waals surface area contributed by atoms with E-state index in [1.54, 1.807) is 11.9 Å². The maximum Gasteiger partial charge on any atom is 0.277 e. The van der Waals surface area contributed by atoms with Crippen molar-refractivity contribution in [1.29, 1.82) is 0 Å². The second-order valence-electron chi connectivity index (χ2n) is 6.51. The molecule has 0 aliphatic rings. The Morgan fingerprint density at radius 1 is 1.18 bits per heavy atom. The number of thioether (sulfide) groups is 1. The monoisotopic (exact) mass is 397 g/mol. The summed E-state index contributed by atoms with van der Waals surface area (Å²) in [6.07, 6.45) is 0. The number of carbonyl (C=O) groups is 1. The van der Waals surface area contributed by atoms with Gasteiger partial charge in [-0.1, -0.05) is 54.2 Å². The largest absolute Gasteiger partial charge is 0.484 e. The Balaban J connectivity index is 1.51. The van der Waals surface area contributed by atoms with Gasteiger partial charge in [0.1, 0.15) is 5.75 Å². The minimum atomic E-state index is -0.334. The van der Waals surface area contributed by atoms with E-state index in [4.69, 9.17) is 9.15 Å². The minimum absolute atomic E-state index is 0.00427. The van der Waals surface area contributed by atoms with E-state index in [-0.39, 0.29) is 17.8 Å². The summed E-state index contributed by atoms with van der Waals surface area (Å²) in [5, 5.41) is 8.02. The molecule has 0 fully saturated rings. The van der Waals surface area contributed by atoms with Gasteiger partial charge in [0.2, 0.25) is 5.91 Å². The molecular formula is C21H23N3O3S. The van der Waals surface area contributed by atoms with Crippen LogP contribution < -0.4 is 4.74 Å². The standard InChI is InChI=1S/C21H23N3O3S/c1-15-8-7-11-18(12-15)26-14-19-22-23-21(27-19)28-16(2)20(25)24(3)13-17-9-5-4-6-10-17/h4-12,16H,13-14H2,1-3H3. The van der Waals surface area contributed by atoms with Gasteiger partial charge in [0.05, 0.1) is 5.25 Å². The average molecular weight is 398 g/mol. The second-order valence-corrected chi connectivity index (χ2v) is 7.80. The fourth-order valence-corrected chi connectivity index (χ4v) is 3.46. The van der Waals surface area contributed by atoms with E-state index in [0.29, 0.717) is 17.7 Å². The van der Waals surface area contributed by atoms with E-state index in [2.05, 4.69) is 10.2 Å². The summed E-state index contributed by atoms with van der Waals surface area (Å²) in [5.74, 6) is 1.13. The number of aromatic nitrogens is 2. The quantitative estimate of drug-likeness (QED) is 0.533. The fourth-order valence-electron chi connectivity index (χ4n) is 2.64. The van der Waals surface area contributed by atoms with Gasteiger partial charge in [0, 0.05) is 13.6 Å². The molecule has 0 bridgehead atoms.